The zero-order valence-electron chi connectivity index (χ0n) is 10.8. The van der Waals surface area contributed by atoms with Crippen LogP contribution in [0.1, 0.15) is 24.5 Å². The van der Waals surface area contributed by atoms with Gasteiger partial charge in [-0.2, -0.15) is 0 Å². The van der Waals surface area contributed by atoms with Crippen LogP contribution in [0.25, 0.3) is 11.0 Å². The number of aliphatic hydroxyl groups excluding tert-OH is 1. The van der Waals surface area contributed by atoms with Crippen LogP contribution in [0.5, 0.6) is 0 Å². The van der Waals surface area contributed by atoms with Crippen molar-refractivity contribution in [1.29, 1.82) is 0 Å². The van der Waals surface area contributed by atoms with Crippen molar-refractivity contribution in [3.63, 3.8) is 0 Å². The first-order chi connectivity index (χ1) is 8.91. The highest BCUT2D eigenvalue weighted by molar-refractivity contribution is 5.77. The van der Waals surface area contributed by atoms with Gasteiger partial charge in [-0.15, -0.1) is 0 Å². The molecule has 6 heteroatoms. The number of rotatable bonds is 4. The smallest absolute Gasteiger partial charge is 0.328 e. The lowest BCUT2D eigenvalue weighted by Crippen LogP contribution is -2.19. The fourth-order valence-electron chi connectivity index (χ4n) is 2.16. The van der Waals surface area contributed by atoms with Crippen molar-refractivity contribution in [2.45, 2.75) is 18.9 Å². The quantitative estimate of drug-likeness (QED) is 0.854. The van der Waals surface area contributed by atoms with Gasteiger partial charge in [0.05, 0.1) is 17.1 Å². The number of aryl methyl sites for hydroxylation is 2. The molecule has 0 bridgehead atoms. The summed E-state index contributed by atoms with van der Waals surface area (Å²) < 4.78 is 3.03. The minimum Gasteiger partial charge on any atom is -0.481 e. The van der Waals surface area contributed by atoms with Crippen molar-refractivity contribution in [3.05, 3.63) is 34.2 Å². The van der Waals surface area contributed by atoms with Crippen molar-refractivity contribution in [1.82, 2.24) is 9.13 Å². The standard InChI is InChI=1S/C13H16N2O4/c1-14-9-4-3-8(11(16)5-6-12(17)18)7-10(9)15(2)13(14)19/h3-4,7,11,16H,5-6H2,1-2H3,(H,17,18)/t11-/m1/s1. The molecule has 2 aromatic rings. The van der Waals surface area contributed by atoms with Crippen LogP contribution in [0.15, 0.2) is 23.0 Å². The number of hydrogen-bond acceptors (Lipinski definition) is 3. The van der Waals surface area contributed by atoms with E-state index in [9.17, 15) is 14.7 Å². The Labute approximate surface area is 109 Å². The fourth-order valence-corrected chi connectivity index (χ4v) is 2.16. The van der Waals surface area contributed by atoms with Crippen LogP contribution in [0.2, 0.25) is 0 Å². The molecule has 6 nitrogen and oxygen atoms in total. The number of aromatic nitrogens is 2. The summed E-state index contributed by atoms with van der Waals surface area (Å²) in [6, 6.07) is 5.20. The summed E-state index contributed by atoms with van der Waals surface area (Å²) in [7, 11) is 3.35. The van der Waals surface area contributed by atoms with E-state index in [-0.39, 0.29) is 18.5 Å². The van der Waals surface area contributed by atoms with Crippen molar-refractivity contribution in [2.75, 3.05) is 0 Å². The lowest BCUT2D eigenvalue weighted by Gasteiger charge is -2.10. The van der Waals surface area contributed by atoms with Crippen LogP contribution in [-0.4, -0.2) is 25.3 Å². The first-order valence-electron chi connectivity index (χ1n) is 5.97. The average Bonchev–Trinajstić information content (AvgIpc) is 2.61. The minimum atomic E-state index is -0.938. The number of imidazole rings is 1. The predicted octanol–water partition coefficient (Wildman–Crippen LogP) is 0.775. The number of fused-ring (bicyclic) bond motifs is 1. The number of carbonyl (C=O) groups is 1. The largest absolute Gasteiger partial charge is 0.481 e. The van der Waals surface area contributed by atoms with Gasteiger partial charge in [-0.1, -0.05) is 6.07 Å². The van der Waals surface area contributed by atoms with Gasteiger partial charge in [-0.05, 0) is 24.1 Å². The highest BCUT2D eigenvalue weighted by atomic mass is 16.4. The first kappa shape index (κ1) is 13.4. The van der Waals surface area contributed by atoms with Gasteiger partial charge in [0, 0.05) is 20.5 Å². The number of carboxylic acids is 1. The number of hydrogen-bond donors (Lipinski definition) is 2. The molecule has 2 N–H and O–H groups in total. The van der Waals surface area contributed by atoms with Gasteiger partial charge in [0.25, 0.3) is 0 Å². The molecular formula is C13H16N2O4. The zero-order valence-corrected chi connectivity index (χ0v) is 10.8. The maximum Gasteiger partial charge on any atom is 0.328 e. The predicted molar refractivity (Wildman–Crippen MR) is 70.0 cm³/mol. The third-order valence-electron chi connectivity index (χ3n) is 3.31. The Kier molecular flexibility index (Phi) is 3.44. The van der Waals surface area contributed by atoms with Crippen LogP contribution in [-0.2, 0) is 18.9 Å². The monoisotopic (exact) mass is 264 g/mol. The Hall–Kier alpha value is -2.08. The fraction of sp³-hybridized carbons (Fsp3) is 0.385. The molecule has 102 valence electrons. The normalized spacial score (nSPS) is 12.8. The minimum absolute atomic E-state index is 0.0904. The number of nitrogens with zero attached hydrogens (tertiary/aromatic N) is 2. The maximum absolute atomic E-state index is 11.8. The van der Waals surface area contributed by atoms with Crippen LogP contribution in [0.4, 0.5) is 0 Å². The molecule has 0 aliphatic carbocycles. The molecule has 0 fully saturated rings. The van der Waals surface area contributed by atoms with Crippen LogP contribution < -0.4 is 5.69 Å². The van der Waals surface area contributed by atoms with E-state index in [0.717, 1.165) is 11.0 Å². The van der Waals surface area contributed by atoms with E-state index >= 15 is 0 Å². The Morgan fingerprint density at radius 1 is 1.26 bits per heavy atom. The van der Waals surface area contributed by atoms with E-state index in [4.69, 9.17) is 5.11 Å². The maximum atomic E-state index is 11.8. The first-order valence-corrected chi connectivity index (χ1v) is 5.97. The van der Waals surface area contributed by atoms with E-state index in [0.29, 0.717) is 5.56 Å². The van der Waals surface area contributed by atoms with Gasteiger partial charge in [0.15, 0.2) is 0 Å². The molecule has 0 unspecified atom stereocenters. The second-order valence-electron chi connectivity index (χ2n) is 4.60. The van der Waals surface area contributed by atoms with E-state index in [1.54, 1.807) is 32.3 Å². The van der Waals surface area contributed by atoms with Gasteiger partial charge in [-0.25, -0.2) is 4.79 Å². The lowest BCUT2D eigenvalue weighted by molar-refractivity contribution is -0.137. The molecule has 0 saturated heterocycles. The Balaban J connectivity index is 2.39. The summed E-state index contributed by atoms with van der Waals surface area (Å²) in [5.74, 6) is -0.938. The average molecular weight is 264 g/mol. The molecule has 0 amide bonds. The van der Waals surface area contributed by atoms with Gasteiger partial charge < -0.3 is 10.2 Å². The molecule has 0 spiro atoms. The Morgan fingerprint density at radius 2 is 1.89 bits per heavy atom. The highest BCUT2D eigenvalue weighted by Gasteiger charge is 2.13. The molecule has 1 heterocycles. The Morgan fingerprint density at radius 3 is 2.53 bits per heavy atom. The highest BCUT2D eigenvalue weighted by Crippen LogP contribution is 2.22. The second kappa shape index (κ2) is 4.89. The summed E-state index contributed by atoms with van der Waals surface area (Å²) in [6.07, 6.45) is -0.773. The summed E-state index contributed by atoms with van der Waals surface area (Å²) in [4.78, 5) is 22.3. The molecule has 19 heavy (non-hydrogen) atoms. The lowest BCUT2D eigenvalue weighted by atomic mass is 10.0. The third kappa shape index (κ3) is 2.39. The molecule has 0 saturated carbocycles. The van der Waals surface area contributed by atoms with Crippen LogP contribution in [0.3, 0.4) is 0 Å². The van der Waals surface area contributed by atoms with E-state index in [1.165, 1.54) is 9.13 Å². The van der Waals surface area contributed by atoms with Gasteiger partial charge in [-0.3, -0.25) is 13.9 Å². The molecule has 1 atom stereocenters. The number of aliphatic hydroxyl groups is 1. The third-order valence-corrected chi connectivity index (χ3v) is 3.31. The topological polar surface area (TPSA) is 84.5 Å². The summed E-state index contributed by atoms with van der Waals surface area (Å²) in [5, 5.41) is 18.5. The van der Waals surface area contributed by atoms with Crippen molar-refractivity contribution < 1.29 is 15.0 Å². The molecular weight excluding hydrogens is 248 g/mol. The zero-order chi connectivity index (χ0) is 14.2. The number of benzene rings is 1. The number of aliphatic carboxylic acids is 1. The summed E-state index contributed by atoms with van der Waals surface area (Å²) >= 11 is 0. The van der Waals surface area contributed by atoms with E-state index in [1.807, 2.05) is 0 Å². The molecule has 0 radical (unpaired) electrons. The van der Waals surface area contributed by atoms with Gasteiger partial charge >= 0.3 is 11.7 Å². The summed E-state index contributed by atoms with van der Waals surface area (Å²) in [6.45, 7) is 0. The molecule has 0 aliphatic heterocycles. The molecule has 2 rings (SSSR count). The van der Waals surface area contributed by atoms with Crippen molar-refractivity contribution >= 4 is 17.0 Å². The van der Waals surface area contributed by atoms with E-state index in [2.05, 4.69) is 0 Å². The SMILES string of the molecule is Cn1c(=O)n(C)c2cc([C@H](O)CCC(=O)O)ccc21. The molecule has 0 aliphatic rings. The van der Waals surface area contributed by atoms with Crippen molar-refractivity contribution in [2.24, 2.45) is 14.1 Å². The van der Waals surface area contributed by atoms with Crippen LogP contribution in [0, 0.1) is 0 Å². The number of carboxylic acid groups (broad SMARTS) is 1. The van der Waals surface area contributed by atoms with Crippen molar-refractivity contribution in [3.8, 4) is 0 Å². The Bertz CT molecular complexity index is 684. The second-order valence-corrected chi connectivity index (χ2v) is 4.60. The summed E-state index contributed by atoms with van der Waals surface area (Å²) in [5.41, 5.74) is 1.99. The van der Waals surface area contributed by atoms with Gasteiger partial charge in [0.2, 0.25) is 0 Å². The molecule has 1 aromatic carbocycles. The van der Waals surface area contributed by atoms with Gasteiger partial charge in [0.1, 0.15) is 0 Å². The van der Waals surface area contributed by atoms with E-state index < -0.39 is 12.1 Å². The molecule has 1 aromatic heterocycles. The van der Waals surface area contributed by atoms with Crippen LogP contribution >= 0.6 is 0 Å².